The fourth-order valence-electron chi connectivity index (χ4n) is 1.25. The van der Waals surface area contributed by atoms with E-state index in [2.05, 4.69) is 44.7 Å². The number of benzene rings is 1. The standard InChI is InChI=1S/C14H15N/c1-14(2,3)13-9-6-8-12(11-13)7-4-5-10-15/h6,8-9,11H,5H2,1-3H3. The zero-order valence-corrected chi connectivity index (χ0v) is 9.46. The van der Waals surface area contributed by atoms with Gasteiger partial charge in [0.1, 0.15) is 0 Å². The Balaban J connectivity index is 2.96. The third-order valence-electron chi connectivity index (χ3n) is 2.13. The van der Waals surface area contributed by atoms with Crippen molar-refractivity contribution in [3.8, 4) is 17.9 Å². The predicted octanol–water partition coefficient (Wildman–Crippen LogP) is 3.25. The Kier molecular flexibility index (Phi) is 3.53. The van der Waals surface area contributed by atoms with Crippen LogP contribution in [-0.2, 0) is 5.41 Å². The van der Waals surface area contributed by atoms with E-state index in [-0.39, 0.29) is 5.41 Å². The van der Waals surface area contributed by atoms with Crippen molar-refractivity contribution in [1.29, 1.82) is 5.26 Å². The van der Waals surface area contributed by atoms with Crippen molar-refractivity contribution in [3.05, 3.63) is 35.4 Å². The highest BCUT2D eigenvalue weighted by Gasteiger charge is 2.12. The second-order valence-electron chi connectivity index (χ2n) is 4.47. The van der Waals surface area contributed by atoms with Gasteiger partial charge in [-0.3, -0.25) is 0 Å². The van der Waals surface area contributed by atoms with Crippen molar-refractivity contribution in [2.45, 2.75) is 32.6 Å². The lowest BCUT2D eigenvalue weighted by molar-refractivity contribution is 0.590. The molecule has 1 nitrogen and oxygen atoms in total. The molecular formula is C14H15N. The van der Waals surface area contributed by atoms with Gasteiger partial charge in [-0.05, 0) is 23.1 Å². The fourth-order valence-corrected chi connectivity index (χ4v) is 1.25. The molecule has 0 aliphatic rings. The van der Waals surface area contributed by atoms with Gasteiger partial charge in [0, 0.05) is 5.56 Å². The van der Waals surface area contributed by atoms with Crippen molar-refractivity contribution in [3.63, 3.8) is 0 Å². The van der Waals surface area contributed by atoms with Crippen molar-refractivity contribution in [2.24, 2.45) is 0 Å². The van der Waals surface area contributed by atoms with Crippen LogP contribution >= 0.6 is 0 Å². The second-order valence-corrected chi connectivity index (χ2v) is 4.47. The van der Waals surface area contributed by atoms with E-state index in [1.165, 1.54) is 5.56 Å². The molecule has 0 spiro atoms. The van der Waals surface area contributed by atoms with Gasteiger partial charge in [-0.1, -0.05) is 44.7 Å². The van der Waals surface area contributed by atoms with E-state index in [4.69, 9.17) is 5.26 Å². The third kappa shape index (κ3) is 3.49. The van der Waals surface area contributed by atoms with E-state index in [0.29, 0.717) is 6.42 Å². The average molecular weight is 197 g/mol. The Bertz CT molecular complexity index is 433. The van der Waals surface area contributed by atoms with Crippen molar-refractivity contribution < 1.29 is 0 Å². The van der Waals surface area contributed by atoms with Crippen LogP contribution in [0.4, 0.5) is 0 Å². The molecule has 15 heavy (non-hydrogen) atoms. The molecule has 0 fully saturated rings. The van der Waals surface area contributed by atoms with Crippen LogP contribution in [-0.4, -0.2) is 0 Å². The van der Waals surface area contributed by atoms with Gasteiger partial charge in [0.2, 0.25) is 0 Å². The topological polar surface area (TPSA) is 23.8 Å². The summed E-state index contributed by atoms with van der Waals surface area (Å²) in [4.78, 5) is 0. The van der Waals surface area contributed by atoms with Crippen LogP contribution in [0.5, 0.6) is 0 Å². The van der Waals surface area contributed by atoms with E-state index >= 15 is 0 Å². The lowest BCUT2D eigenvalue weighted by Crippen LogP contribution is -2.10. The highest BCUT2D eigenvalue weighted by molar-refractivity contribution is 5.39. The molecule has 0 aromatic heterocycles. The van der Waals surface area contributed by atoms with E-state index in [1.54, 1.807) is 0 Å². The zero-order valence-electron chi connectivity index (χ0n) is 9.46. The summed E-state index contributed by atoms with van der Waals surface area (Å²) in [5.74, 6) is 5.80. The maximum atomic E-state index is 8.38. The highest BCUT2D eigenvalue weighted by atomic mass is 14.2. The van der Waals surface area contributed by atoms with Gasteiger partial charge in [0.25, 0.3) is 0 Å². The molecule has 1 aromatic rings. The predicted molar refractivity (Wildman–Crippen MR) is 62.3 cm³/mol. The molecule has 0 heterocycles. The summed E-state index contributed by atoms with van der Waals surface area (Å²) < 4.78 is 0. The molecule has 0 N–H and O–H groups in total. The quantitative estimate of drug-likeness (QED) is 0.586. The summed E-state index contributed by atoms with van der Waals surface area (Å²) in [6.07, 6.45) is 0.291. The largest absolute Gasteiger partial charge is 0.197 e. The van der Waals surface area contributed by atoms with Crippen LogP contribution in [0.3, 0.4) is 0 Å². The van der Waals surface area contributed by atoms with Crippen molar-refractivity contribution >= 4 is 0 Å². The van der Waals surface area contributed by atoms with Crippen LogP contribution < -0.4 is 0 Å². The molecule has 0 saturated heterocycles. The summed E-state index contributed by atoms with van der Waals surface area (Å²) in [5.41, 5.74) is 2.40. The smallest absolute Gasteiger partial charge is 0.0966 e. The van der Waals surface area contributed by atoms with E-state index in [1.807, 2.05) is 18.2 Å². The van der Waals surface area contributed by atoms with E-state index in [0.717, 1.165) is 5.56 Å². The van der Waals surface area contributed by atoms with E-state index in [9.17, 15) is 0 Å². The summed E-state index contributed by atoms with van der Waals surface area (Å²) in [7, 11) is 0. The normalized spacial score (nSPS) is 10.0. The van der Waals surface area contributed by atoms with Gasteiger partial charge in [0.05, 0.1) is 12.5 Å². The monoisotopic (exact) mass is 197 g/mol. The molecule has 0 aliphatic heterocycles. The van der Waals surface area contributed by atoms with Crippen LogP contribution in [0.25, 0.3) is 0 Å². The minimum Gasteiger partial charge on any atom is -0.197 e. The maximum Gasteiger partial charge on any atom is 0.0966 e. The molecule has 0 atom stereocenters. The van der Waals surface area contributed by atoms with Crippen molar-refractivity contribution in [1.82, 2.24) is 0 Å². The molecular weight excluding hydrogens is 182 g/mol. The molecule has 1 rings (SSSR count). The first kappa shape index (κ1) is 11.3. The molecule has 0 bridgehead atoms. The fraction of sp³-hybridized carbons (Fsp3) is 0.357. The number of hydrogen-bond acceptors (Lipinski definition) is 1. The number of nitrogens with zero attached hydrogens (tertiary/aromatic N) is 1. The molecule has 0 saturated carbocycles. The van der Waals surface area contributed by atoms with Gasteiger partial charge in [-0.2, -0.15) is 5.26 Å². The van der Waals surface area contributed by atoms with Gasteiger partial charge >= 0.3 is 0 Å². The summed E-state index contributed by atoms with van der Waals surface area (Å²) in [6, 6.07) is 10.2. The minimum absolute atomic E-state index is 0.146. The molecule has 0 amide bonds. The van der Waals surface area contributed by atoms with Crippen molar-refractivity contribution in [2.75, 3.05) is 0 Å². The summed E-state index contributed by atoms with van der Waals surface area (Å²) in [6.45, 7) is 6.53. The number of nitriles is 1. The minimum atomic E-state index is 0.146. The SMILES string of the molecule is CC(C)(C)c1cccc(C#CCC#N)c1. The highest BCUT2D eigenvalue weighted by Crippen LogP contribution is 2.22. The molecule has 0 unspecified atom stereocenters. The number of hydrogen-bond donors (Lipinski definition) is 0. The molecule has 0 radical (unpaired) electrons. The van der Waals surface area contributed by atoms with E-state index < -0.39 is 0 Å². The van der Waals surface area contributed by atoms with Crippen LogP contribution in [0.1, 0.15) is 38.3 Å². The Morgan fingerprint density at radius 3 is 2.60 bits per heavy atom. The lowest BCUT2D eigenvalue weighted by atomic mass is 9.86. The second kappa shape index (κ2) is 4.67. The summed E-state index contributed by atoms with van der Waals surface area (Å²) >= 11 is 0. The van der Waals surface area contributed by atoms with Crippen LogP contribution in [0, 0.1) is 23.2 Å². The van der Waals surface area contributed by atoms with Gasteiger partial charge in [0.15, 0.2) is 0 Å². The molecule has 1 aromatic carbocycles. The Labute approximate surface area is 91.7 Å². The third-order valence-corrected chi connectivity index (χ3v) is 2.13. The lowest BCUT2D eigenvalue weighted by Gasteiger charge is -2.18. The van der Waals surface area contributed by atoms with Crippen LogP contribution in [0.2, 0.25) is 0 Å². The number of rotatable bonds is 0. The maximum absolute atomic E-state index is 8.38. The Morgan fingerprint density at radius 2 is 2.00 bits per heavy atom. The average Bonchev–Trinajstić information content (AvgIpc) is 2.17. The Morgan fingerprint density at radius 1 is 1.27 bits per heavy atom. The zero-order chi connectivity index (χ0) is 11.3. The molecule has 1 heteroatoms. The van der Waals surface area contributed by atoms with Gasteiger partial charge < -0.3 is 0 Å². The molecule has 0 aliphatic carbocycles. The first-order valence-electron chi connectivity index (χ1n) is 5.00. The summed E-state index contributed by atoms with van der Waals surface area (Å²) in [5, 5.41) is 8.38. The Hall–Kier alpha value is -1.73. The first-order valence-corrected chi connectivity index (χ1v) is 5.00. The van der Waals surface area contributed by atoms with Gasteiger partial charge in [-0.25, -0.2) is 0 Å². The molecule has 76 valence electrons. The van der Waals surface area contributed by atoms with Gasteiger partial charge in [-0.15, -0.1) is 0 Å². The first-order chi connectivity index (χ1) is 7.04. The van der Waals surface area contributed by atoms with Crippen LogP contribution in [0.15, 0.2) is 24.3 Å².